The zero-order chi connectivity index (χ0) is 14.1. The number of halogens is 1. The van der Waals surface area contributed by atoms with Gasteiger partial charge in [-0.05, 0) is 24.3 Å². The highest BCUT2D eigenvalue weighted by Crippen LogP contribution is 2.31. The Bertz CT molecular complexity index is 673. The maximum Gasteiger partial charge on any atom is 0.251 e. The van der Waals surface area contributed by atoms with Gasteiger partial charge in [0.05, 0.1) is 11.7 Å². The van der Waals surface area contributed by atoms with Crippen LogP contribution in [0.5, 0.6) is 5.75 Å². The van der Waals surface area contributed by atoms with Gasteiger partial charge in [0.1, 0.15) is 18.2 Å². The highest BCUT2D eigenvalue weighted by Gasteiger charge is 2.25. The van der Waals surface area contributed by atoms with Gasteiger partial charge in [0.2, 0.25) is 0 Å². The van der Waals surface area contributed by atoms with Gasteiger partial charge >= 0.3 is 0 Å². The Hall–Kier alpha value is -2.56. The summed E-state index contributed by atoms with van der Waals surface area (Å²) in [6.07, 6.45) is 0. The monoisotopic (exact) mass is 272 g/mol. The number of hydrogen-bond donors (Lipinski definition) is 2. The van der Waals surface area contributed by atoms with Crippen LogP contribution in [-0.2, 0) is 0 Å². The Labute approximate surface area is 115 Å². The minimum absolute atomic E-state index is 0.0242. The first-order chi connectivity index (χ1) is 9.65. The molecule has 4 nitrogen and oxygen atoms in total. The highest BCUT2D eigenvalue weighted by molar-refractivity contribution is 5.94. The van der Waals surface area contributed by atoms with E-state index in [4.69, 9.17) is 10.5 Å². The predicted octanol–water partition coefficient (Wildman–Crippen LogP) is 2.27. The van der Waals surface area contributed by atoms with E-state index >= 15 is 0 Å². The number of nitrogen functional groups attached to an aromatic ring is 1. The van der Waals surface area contributed by atoms with Crippen molar-refractivity contribution in [1.29, 1.82) is 0 Å². The van der Waals surface area contributed by atoms with E-state index in [0.29, 0.717) is 6.61 Å². The van der Waals surface area contributed by atoms with Crippen LogP contribution >= 0.6 is 0 Å². The molecule has 0 bridgehead atoms. The molecule has 1 amide bonds. The topological polar surface area (TPSA) is 64.4 Å². The molecular formula is C15H13FN2O2. The number of ether oxygens (including phenoxy) is 1. The fourth-order valence-electron chi connectivity index (χ4n) is 2.19. The number of hydrogen-bond acceptors (Lipinski definition) is 3. The lowest BCUT2D eigenvalue weighted by molar-refractivity contribution is 0.0930. The van der Waals surface area contributed by atoms with E-state index in [2.05, 4.69) is 5.32 Å². The van der Waals surface area contributed by atoms with Gasteiger partial charge in [-0.3, -0.25) is 4.79 Å². The number of fused-ring (bicyclic) bond motifs is 1. The second-order valence-corrected chi connectivity index (χ2v) is 4.61. The molecule has 1 atom stereocenters. The number of nitrogens with one attached hydrogen (secondary N) is 1. The largest absolute Gasteiger partial charge is 0.491 e. The highest BCUT2D eigenvalue weighted by atomic mass is 19.1. The van der Waals surface area contributed by atoms with E-state index in [0.717, 1.165) is 17.4 Å². The molecule has 1 aliphatic heterocycles. The molecule has 1 unspecified atom stereocenters. The summed E-state index contributed by atoms with van der Waals surface area (Å²) in [5.41, 5.74) is 6.58. The molecule has 3 N–H and O–H groups in total. The van der Waals surface area contributed by atoms with Gasteiger partial charge < -0.3 is 15.8 Å². The van der Waals surface area contributed by atoms with E-state index < -0.39 is 5.82 Å². The summed E-state index contributed by atoms with van der Waals surface area (Å²) in [5.74, 6) is -0.184. The molecule has 0 saturated heterocycles. The van der Waals surface area contributed by atoms with Crippen molar-refractivity contribution < 1.29 is 13.9 Å². The van der Waals surface area contributed by atoms with E-state index in [9.17, 15) is 9.18 Å². The molecular weight excluding hydrogens is 259 g/mol. The number of rotatable bonds is 2. The Balaban J connectivity index is 1.79. The average Bonchev–Trinajstić information content (AvgIpc) is 2.85. The zero-order valence-corrected chi connectivity index (χ0v) is 10.6. The number of benzene rings is 2. The van der Waals surface area contributed by atoms with Crippen molar-refractivity contribution in [2.24, 2.45) is 0 Å². The molecule has 3 rings (SSSR count). The smallest absolute Gasteiger partial charge is 0.251 e. The molecule has 0 aliphatic carbocycles. The van der Waals surface area contributed by atoms with E-state index in [1.807, 2.05) is 24.3 Å². The van der Waals surface area contributed by atoms with Crippen LogP contribution < -0.4 is 15.8 Å². The van der Waals surface area contributed by atoms with E-state index in [1.54, 1.807) is 0 Å². The minimum Gasteiger partial charge on any atom is -0.491 e. The van der Waals surface area contributed by atoms with Crippen LogP contribution in [0, 0.1) is 5.82 Å². The van der Waals surface area contributed by atoms with Gasteiger partial charge in [-0.2, -0.15) is 0 Å². The summed E-state index contributed by atoms with van der Waals surface area (Å²) in [6.45, 7) is 0.378. The minimum atomic E-state index is -0.597. The molecule has 2 aromatic rings. The fraction of sp³-hybridized carbons (Fsp3) is 0.133. The summed E-state index contributed by atoms with van der Waals surface area (Å²) >= 11 is 0. The normalized spacial score (nSPS) is 16.4. The summed E-state index contributed by atoms with van der Waals surface area (Å²) in [7, 11) is 0. The first-order valence-electron chi connectivity index (χ1n) is 6.23. The molecule has 0 saturated carbocycles. The third-order valence-corrected chi connectivity index (χ3v) is 3.27. The SMILES string of the molecule is Nc1ccc(C(=O)NC2COc3ccccc32)cc1F. The molecule has 2 aromatic carbocycles. The quantitative estimate of drug-likeness (QED) is 0.824. The van der Waals surface area contributed by atoms with Crippen LogP contribution in [0.4, 0.5) is 10.1 Å². The standard InChI is InChI=1S/C15H13FN2O2/c16-11-7-9(5-6-12(11)17)15(19)18-13-8-20-14-4-2-1-3-10(13)14/h1-7,13H,8,17H2,(H,18,19). The van der Waals surface area contributed by atoms with Crippen molar-refractivity contribution in [3.8, 4) is 5.75 Å². The van der Waals surface area contributed by atoms with Gasteiger partial charge in [0.25, 0.3) is 5.91 Å². The number of anilines is 1. The van der Waals surface area contributed by atoms with Crippen LogP contribution in [0.1, 0.15) is 22.0 Å². The molecule has 0 fully saturated rings. The Morgan fingerprint density at radius 1 is 1.30 bits per heavy atom. The van der Waals surface area contributed by atoms with Gasteiger partial charge in [0, 0.05) is 11.1 Å². The predicted molar refractivity (Wildman–Crippen MR) is 73.0 cm³/mol. The molecule has 1 aliphatic rings. The van der Waals surface area contributed by atoms with Crippen molar-refractivity contribution in [3.05, 3.63) is 59.4 Å². The maximum atomic E-state index is 13.4. The number of nitrogens with two attached hydrogens (primary N) is 1. The molecule has 102 valence electrons. The van der Waals surface area contributed by atoms with Crippen molar-refractivity contribution in [3.63, 3.8) is 0 Å². The molecule has 0 spiro atoms. The number of para-hydroxylation sites is 1. The first kappa shape index (κ1) is 12.5. The third kappa shape index (κ3) is 2.18. The second-order valence-electron chi connectivity index (χ2n) is 4.61. The summed E-state index contributed by atoms with van der Waals surface area (Å²) in [5, 5.41) is 2.83. The summed E-state index contributed by atoms with van der Waals surface area (Å²) < 4.78 is 18.8. The van der Waals surface area contributed by atoms with Crippen LogP contribution in [-0.4, -0.2) is 12.5 Å². The van der Waals surface area contributed by atoms with Crippen molar-refractivity contribution in [2.75, 3.05) is 12.3 Å². The van der Waals surface area contributed by atoms with Gasteiger partial charge in [0.15, 0.2) is 0 Å². The van der Waals surface area contributed by atoms with Crippen LogP contribution in [0.2, 0.25) is 0 Å². The van der Waals surface area contributed by atoms with Gasteiger partial charge in [-0.15, -0.1) is 0 Å². The molecule has 0 aromatic heterocycles. The molecule has 0 radical (unpaired) electrons. The number of carbonyl (C=O) groups excluding carboxylic acids is 1. The lowest BCUT2D eigenvalue weighted by atomic mass is 10.1. The average molecular weight is 272 g/mol. The lowest BCUT2D eigenvalue weighted by Gasteiger charge is -2.12. The van der Waals surface area contributed by atoms with Gasteiger partial charge in [-0.25, -0.2) is 4.39 Å². The Morgan fingerprint density at radius 2 is 2.10 bits per heavy atom. The second kappa shape index (κ2) is 4.85. The zero-order valence-electron chi connectivity index (χ0n) is 10.6. The van der Waals surface area contributed by atoms with Crippen molar-refractivity contribution in [1.82, 2.24) is 5.32 Å². The van der Waals surface area contributed by atoms with Crippen molar-refractivity contribution >= 4 is 11.6 Å². The van der Waals surface area contributed by atoms with Crippen LogP contribution in [0.3, 0.4) is 0 Å². The molecule has 20 heavy (non-hydrogen) atoms. The van der Waals surface area contributed by atoms with Crippen molar-refractivity contribution in [2.45, 2.75) is 6.04 Å². The summed E-state index contributed by atoms with van der Waals surface area (Å²) in [6, 6.07) is 11.3. The molecule has 5 heteroatoms. The Kier molecular flexibility index (Phi) is 3.02. The van der Waals surface area contributed by atoms with Crippen LogP contribution in [0.15, 0.2) is 42.5 Å². The fourth-order valence-corrected chi connectivity index (χ4v) is 2.19. The van der Waals surface area contributed by atoms with E-state index in [-0.39, 0.29) is 23.2 Å². The van der Waals surface area contributed by atoms with Crippen LogP contribution in [0.25, 0.3) is 0 Å². The van der Waals surface area contributed by atoms with E-state index in [1.165, 1.54) is 12.1 Å². The van der Waals surface area contributed by atoms with Gasteiger partial charge in [-0.1, -0.05) is 18.2 Å². The molecule has 1 heterocycles. The number of amides is 1. The first-order valence-corrected chi connectivity index (χ1v) is 6.23. The summed E-state index contributed by atoms with van der Waals surface area (Å²) in [4.78, 5) is 12.1. The number of carbonyl (C=O) groups is 1. The lowest BCUT2D eigenvalue weighted by Crippen LogP contribution is -2.29. The Morgan fingerprint density at radius 3 is 2.90 bits per heavy atom. The third-order valence-electron chi connectivity index (χ3n) is 3.27. The maximum absolute atomic E-state index is 13.4.